The summed E-state index contributed by atoms with van der Waals surface area (Å²) in [5.74, 6) is -0.239. The van der Waals surface area contributed by atoms with Crippen LogP contribution in [0, 0.1) is 0 Å². The molecule has 1 amide bonds. The molecule has 0 atom stereocenters. The lowest BCUT2D eigenvalue weighted by molar-refractivity contribution is -0.124. The molecular formula is C23H19N3O2S. The van der Waals surface area contributed by atoms with Crippen LogP contribution in [-0.4, -0.2) is 28.2 Å². The predicted molar refractivity (Wildman–Crippen MR) is 115 cm³/mol. The van der Waals surface area contributed by atoms with Crippen LogP contribution in [0.2, 0.25) is 0 Å². The van der Waals surface area contributed by atoms with Crippen LogP contribution in [0.1, 0.15) is 10.6 Å². The topological polar surface area (TPSA) is 72.0 Å². The molecule has 2 heterocycles. The Morgan fingerprint density at radius 2 is 1.69 bits per heavy atom. The first-order valence-corrected chi connectivity index (χ1v) is 10.1. The van der Waals surface area contributed by atoms with Crippen molar-refractivity contribution in [2.24, 2.45) is 0 Å². The normalized spacial score (nSPS) is 10.8. The molecular weight excluding hydrogens is 382 g/mol. The molecule has 5 nitrogen and oxygen atoms in total. The molecule has 0 fully saturated rings. The third-order valence-electron chi connectivity index (χ3n) is 4.49. The number of nitrogens with zero attached hydrogens (tertiary/aromatic N) is 2. The van der Waals surface area contributed by atoms with Crippen molar-refractivity contribution in [1.82, 2.24) is 15.3 Å². The lowest BCUT2D eigenvalue weighted by Crippen LogP contribution is -2.31. The number of aromatic nitrogens is 2. The van der Waals surface area contributed by atoms with E-state index in [0.717, 1.165) is 31.9 Å². The molecule has 0 aliphatic heterocycles. The summed E-state index contributed by atoms with van der Waals surface area (Å²) in [6.45, 7) is 0.0181. The largest absolute Gasteiger partial charge is 0.349 e. The number of hydrogen-bond acceptors (Lipinski definition) is 5. The average Bonchev–Trinajstić information content (AvgIpc) is 3.15. The third-order valence-corrected chi connectivity index (χ3v) is 5.50. The summed E-state index contributed by atoms with van der Waals surface area (Å²) in [6, 6.07) is 19.9. The van der Waals surface area contributed by atoms with Crippen molar-refractivity contribution in [2.45, 2.75) is 12.8 Å². The molecule has 0 aliphatic rings. The summed E-state index contributed by atoms with van der Waals surface area (Å²) < 4.78 is 1.04. The molecule has 1 N–H and O–H groups in total. The van der Waals surface area contributed by atoms with Gasteiger partial charge in [-0.25, -0.2) is 4.98 Å². The lowest BCUT2D eigenvalue weighted by Gasteiger charge is -2.03. The number of amides is 1. The van der Waals surface area contributed by atoms with Gasteiger partial charge in [0.25, 0.3) is 0 Å². The number of rotatable bonds is 7. The van der Waals surface area contributed by atoms with Gasteiger partial charge in [-0.05, 0) is 41.0 Å². The minimum atomic E-state index is -0.199. The van der Waals surface area contributed by atoms with E-state index in [1.54, 1.807) is 24.5 Å². The maximum Gasteiger partial charge on any atom is 0.227 e. The maximum atomic E-state index is 12.2. The van der Waals surface area contributed by atoms with Gasteiger partial charge in [-0.2, -0.15) is 0 Å². The first-order chi connectivity index (χ1) is 14.2. The second kappa shape index (κ2) is 8.75. The van der Waals surface area contributed by atoms with Gasteiger partial charge < -0.3 is 5.32 Å². The van der Waals surface area contributed by atoms with Crippen molar-refractivity contribution in [3.63, 3.8) is 0 Å². The van der Waals surface area contributed by atoms with Crippen LogP contribution in [-0.2, 0) is 22.4 Å². The molecule has 0 bridgehead atoms. The number of Topliss-reactive ketones (excluding diaryl/α,β-unsaturated/α-hetero) is 1. The predicted octanol–water partition coefficient (Wildman–Crippen LogP) is 3.83. The molecule has 0 radical (unpaired) electrons. The monoisotopic (exact) mass is 401 g/mol. The summed E-state index contributed by atoms with van der Waals surface area (Å²) in [7, 11) is 0. The molecule has 0 saturated carbocycles. The Bertz CT molecular complexity index is 1140. The Labute approximate surface area is 172 Å². The molecule has 2 aromatic carbocycles. The Morgan fingerprint density at radius 1 is 0.897 bits per heavy atom. The lowest BCUT2D eigenvalue weighted by atomic mass is 10.1. The average molecular weight is 401 g/mol. The summed E-state index contributed by atoms with van der Waals surface area (Å²) >= 11 is 1.51. The molecule has 144 valence electrons. The molecule has 0 spiro atoms. The fourth-order valence-electron chi connectivity index (χ4n) is 3.05. The van der Waals surface area contributed by atoms with Gasteiger partial charge in [0.2, 0.25) is 5.91 Å². The van der Waals surface area contributed by atoms with Crippen molar-refractivity contribution < 1.29 is 9.59 Å². The third kappa shape index (κ3) is 4.92. The number of carbonyl (C=O) groups excluding carboxylic acids is 2. The van der Waals surface area contributed by atoms with Gasteiger partial charge in [0.05, 0.1) is 23.2 Å². The summed E-state index contributed by atoms with van der Waals surface area (Å²) in [5.41, 5.74) is 4.04. The first-order valence-electron chi connectivity index (χ1n) is 9.29. The van der Waals surface area contributed by atoms with Gasteiger partial charge in [0, 0.05) is 18.8 Å². The van der Waals surface area contributed by atoms with Gasteiger partial charge in [0.15, 0.2) is 5.78 Å². The number of nitrogens with one attached hydrogen (secondary N) is 1. The maximum absolute atomic E-state index is 12.2. The fourth-order valence-corrected chi connectivity index (χ4v) is 4.05. The number of thiazole rings is 1. The van der Waals surface area contributed by atoms with Crippen molar-refractivity contribution in [1.29, 1.82) is 0 Å². The van der Waals surface area contributed by atoms with Gasteiger partial charge in [-0.3, -0.25) is 14.6 Å². The van der Waals surface area contributed by atoms with E-state index in [1.807, 2.05) is 30.3 Å². The van der Waals surface area contributed by atoms with E-state index in [9.17, 15) is 9.59 Å². The quantitative estimate of drug-likeness (QED) is 0.511. The van der Waals surface area contributed by atoms with Crippen LogP contribution < -0.4 is 5.32 Å². The zero-order valence-corrected chi connectivity index (χ0v) is 16.5. The standard InChI is InChI=1S/C23H19N3O2S/c27-19(12-16-8-10-24-11-9-16)15-25-22(28)14-23-26-20-7-6-18(13-21(20)29-23)17-4-2-1-3-5-17/h1-11,13H,12,14-15H2,(H,25,28). The van der Waals surface area contributed by atoms with Gasteiger partial charge in [-0.15, -0.1) is 11.3 Å². The number of fused-ring (bicyclic) bond motifs is 1. The van der Waals surface area contributed by atoms with E-state index in [-0.39, 0.29) is 31.1 Å². The van der Waals surface area contributed by atoms with E-state index in [4.69, 9.17) is 0 Å². The Morgan fingerprint density at radius 3 is 2.48 bits per heavy atom. The Hall–Kier alpha value is -3.38. The van der Waals surface area contributed by atoms with E-state index < -0.39 is 0 Å². The summed E-state index contributed by atoms with van der Waals surface area (Å²) in [5, 5.41) is 3.44. The first kappa shape index (κ1) is 19.0. The molecule has 29 heavy (non-hydrogen) atoms. The number of carbonyl (C=O) groups is 2. The highest BCUT2D eigenvalue weighted by molar-refractivity contribution is 7.18. The van der Waals surface area contributed by atoms with Gasteiger partial charge in [0.1, 0.15) is 5.01 Å². The zero-order valence-electron chi connectivity index (χ0n) is 15.7. The van der Waals surface area contributed by atoms with E-state index in [0.29, 0.717) is 0 Å². The number of pyridine rings is 1. The number of benzene rings is 2. The van der Waals surface area contributed by atoms with Crippen molar-refractivity contribution >= 4 is 33.2 Å². The number of hydrogen-bond donors (Lipinski definition) is 1. The van der Waals surface area contributed by atoms with E-state index >= 15 is 0 Å². The second-order valence-electron chi connectivity index (χ2n) is 6.68. The minimum absolute atomic E-state index is 0.0181. The molecule has 2 aromatic heterocycles. The van der Waals surface area contributed by atoms with E-state index in [1.165, 1.54) is 11.3 Å². The highest BCUT2D eigenvalue weighted by Crippen LogP contribution is 2.28. The Kier molecular flexibility index (Phi) is 5.72. The number of ketones is 1. The molecule has 0 aliphatic carbocycles. The van der Waals surface area contributed by atoms with Crippen LogP contribution in [0.25, 0.3) is 21.3 Å². The van der Waals surface area contributed by atoms with Crippen LogP contribution in [0.3, 0.4) is 0 Å². The molecule has 0 unspecified atom stereocenters. The van der Waals surface area contributed by atoms with Crippen LogP contribution in [0.5, 0.6) is 0 Å². The highest BCUT2D eigenvalue weighted by Gasteiger charge is 2.11. The molecule has 0 saturated heterocycles. The second-order valence-corrected chi connectivity index (χ2v) is 7.80. The SMILES string of the molecule is O=C(CNC(=O)Cc1nc2ccc(-c3ccccc3)cc2s1)Cc1ccncc1. The van der Waals surface area contributed by atoms with Gasteiger partial charge >= 0.3 is 0 Å². The summed E-state index contributed by atoms with van der Waals surface area (Å²) in [6.07, 6.45) is 3.75. The summed E-state index contributed by atoms with van der Waals surface area (Å²) in [4.78, 5) is 32.7. The molecule has 4 rings (SSSR count). The molecule has 4 aromatic rings. The van der Waals surface area contributed by atoms with Crippen molar-refractivity contribution in [3.8, 4) is 11.1 Å². The molecule has 6 heteroatoms. The van der Waals surface area contributed by atoms with Crippen LogP contribution in [0.4, 0.5) is 0 Å². The Balaban J connectivity index is 1.36. The van der Waals surface area contributed by atoms with Crippen molar-refractivity contribution in [2.75, 3.05) is 6.54 Å². The van der Waals surface area contributed by atoms with Crippen LogP contribution in [0.15, 0.2) is 73.1 Å². The minimum Gasteiger partial charge on any atom is -0.349 e. The van der Waals surface area contributed by atoms with Crippen molar-refractivity contribution in [3.05, 3.63) is 83.6 Å². The fraction of sp³-hybridized carbons (Fsp3) is 0.130. The van der Waals surface area contributed by atoms with Gasteiger partial charge in [-0.1, -0.05) is 36.4 Å². The van der Waals surface area contributed by atoms with Crippen LogP contribution >= 0.6 is 11.3 Å². The zero-order chi connectivity index (χ0) is 20.1. The smallest absolute Gasteiger partial charge is 0.227 e. The van der Waals surface area contributed by atoms with E-state index in [2.05, 4.69) is 33.5 Å². The highest BCUT2D eigenvalue weighted by atomic mass is 32.1.